The lowest BCUT2D eigenvalue weighted by Gasteiger charge is -2.06. The minimum atomic E-state index is 0.659. The van der Waals surface area contributed by atoms with E-state index in [1.54, 1.807) is 7.11 Å². The Kier molecular flexibility index (Phi) is 4.46. The molecule has 0 unspecified atom stereocenters. The number of rotatable bonds is 3. The molecule has 0 saturated carbocycles. The predicted octanol–water partition coefficient (Wildman–Crippen LogP) is 5.99. The van der Waals surface area contributed by atoms with Crippen molar-refractivity contribution in [2.75, 3.05) is 7.11 Å². The predicted molar refractivity (Wildman–Crippen MR) is 105 cm³/mol. The summed E-state index contributed by atoms with van der Waals surface area (Å²) in [6.45, 7) is 0. The van der Waals surface area contributed by atoms with E-state index in [4.69, 9.17) is 25.7 Å². The van der Waals surface area contributed by atoms with Gasteiger partial charge in [0, 0.05) is 22.0 Å². The van der Waals surface area contributed by atoms with E-state index in [-0.39, 0.29) is 0 Å². The monoisotopic (exact) mass is 361 g/mol. The molecule has 4 heteroatoms. The molecule has 0 bridgehead atoms. The Balaban J connectivity index is 1.93. The number of halogens is 1. The van der Waals surface area contributed by atoms with Gasteiger partial charge in [-0.1, -0.05) is 29.8 Å². The number of para-hydroxylation sites is 1. The molecule has 1 heterocycles. The van der Waals surface area contributed by atoms with Crippen LogP contribution in [-0.2, 0) is 0 Å². The lowest BCUT2D eigenvalue weighted by molar-refractivity contribution is 0.415. The first-order valence-electron chi connectivity index (χ1n) is 8.20. The zero-order chi connectivity index (χ0) is 17.9. The van der Waals surface area contributed by atoms with E-state index in [0.717, 1.165) is 39.1 Å². The summed E-state index contributed by atoms with van der Waals surface area (Å²) >= 11 is 6.09. The van der Waals surface area contributed by atoms with Gasteiger partial charge in [-0.15, -0.1) is 0 Å². The average Bonchev–Trinajstić information content (AvgIpc) is 2.68. The molecule has 3 aromatic carbocycles. The van der Waals surface area contributed by atoms with E-state index in [0.29, 0.717) is 5.02 Å². The van der Waals surface area contributed by atoms with Crippen molar-refractivity contribution in [1.29, 1.82) is 0 Å². The van der Waals surface area contributed by atoms with Crippen LogP contribution in [0.1, 0.15) is 0 Å². The Morgan fingerprint density at radius 1 is 0.885 bits per heavy atom. The van der Waals surface area contributed by atoms with Gasteiger partial charge in [-0.25, -0.2) is 4.99 Å². The highest BCUT2D eigenvalue weighted by atomic mass is 35.5. The summed E-state index contributed by atoms with van der Waals surface area (Å²) in [5.41, 5.74) is 2.54. The maximum absolute atomic E-state index is 6.10. The van der Waals surface area contributed by atoms with Crippen LogP contribution in [0.5, 0.6) is 5.75 Å². The van der Waals surface area contributed by atoms with Crippen molar-refractivity contribution in [2.24, 2.45) is 4.99 Å². The van der Waals surface area contributed by atoms with Crippen LogP contribution in [-0.4, -0.2) is 7.11 Å². The van der Waals surface area contributed by atoms with Gasteiger partial charge < -0.3 is 9.15 Å². The van der Waals surface area contributed by atoms with Crippen LogP contribution in [0.2, 0.25) is 5.02 Å². The summed E-state index contributed by atoms with van der Waals surface area (Å²) in [6.07, 6.45) is 0. The fourth-order valence-electron chi connectivity index (χ4n) is 2.79. The fourth-order valence-corrected chi connectivity index (χ4v) is 2.98. The number of hydrogen-bond acceptors (Lipinski definition) is 3. The molecule has 0 aliphatic heterocycles. The van der Waals surface area contributed by atoms with Gasteiger partial charge in [-0.05, 0) is 54.6 Å². The lowest BCUT2D eigenvalue weighted by atomic mass is 10.1. The molecule has 0 spiro atoms. The Bertz CT molecular complexity index is 1130. The molecule has 0 N–H and O–H groups in total. The van der Waals surface area contributed by atoms with Gasteiger partial charge in [0.05, 0.1) is 18.2 Å². The molecule has 1 aromatic heterocycles. The maximum atomic E-state index is 6.10. The number of fused-ring (bicyclic) bond motifs is 1. The van der Waals surface area contributed by atoms with Crippen LogP contribution < -0.4 is 10.1 Å². The minimum Gasteiger partial charge on any atom is -0.497 e. The highest BCUT2D eigenvalue weighted by Crippen LogP contribution is 2.25. The van der Waals surface area contributed by atoms with E-state index < -0.39 is 0 Å². The SMILES string of the molecule is COc1ccc(-c2cc(=Nc3cccc(Cl)c3)c3ccccc3o2)cc1. The van der Waals surface area contributed by atoms with E-state index in [1.807, 2.05) is 78.9 Å². The summed E-state index contributed by atoms with van der Waals surface area (Å²) < 4.78 is 11.3. The number of ether oxygens (including phenoxy) is 1. The van der Waals surface area contributed by atoms with Gasteiger partial charge in [-0.3, -0.25) is 0 Å². The molecule has 0 aliphatic rings. The summed E-state index contributed by atoms with van der Waals surface area (Å²) in [4.78, 5) is 4.78. The van der Waals surface area contributed by atoms with E-state index in [9.17, 15) is 0 Å². The van der Waals surface area contributed by atoms with Crippen molar-refractivity contribution in [3.63, 3.8) is 0 Å². The van der Waals surface area contributed by atoms with Gasteiger partial charge in [-0.2, -0.15) is 0 Å². The number of benzene rings is 3. The third-order valence-corrected chi connectivity index (χ3v) is 4.32. The first kappa shape index (κ1) is 16.4. The standard InChI is InChI=1S/C22H16ClNO2/c1-25-18-11-9-15(10-12-18)22-14-20(19-7-2-3-8-21(19)26-22)24-17-6-4-5-16(23)13-17/h2-14H,1H3. The van der Waals surface area contributed by atoms with E-state index in [2.05, 4.69) is 0 Å². The van der Waals surface area contributed by atoms with Gasteiger partial charge in [0.25, 0.3) is 0 Å². The zero-order valence-electron chi connectivity index (χ0n) is 14.1. The van der Waals surface area contributed by atoms with Crippen molar-refractivity contribution >= 4 is 28.3 Å². The molecule has 0 fully saturated rings. The second kappa shape index (κ2) is 7.06. The lowest BCUT2D eigenvalue weighted by Crippen LogP contribution is -2.03. The second-order valence-corrected chi connectivity index (χ2v) is 6.25. The molecule has 4 rings (SSSR count). The molecule has 0 atom stereocenters. The highest BCUT2D eigenvalue weighted by molar-refractivity contribution is 6.30. The third kappa shape index (κ3) is 3.35. The number of nitrogens with zero attached hydrogens (tertiary/aromatic N) is 1. The van der Waals surface area contributed by atoms with Crippen molar-refractivity contribution in [3.8, 4) is 17.1 Å². The summed E-state index contributed by atoms with van der Waals surface area (Å²) in [5.74, 6) is 1.55. The smallest absolute Gasteiger partial charge is 0.136 e. The zero-order valence-corrected chi connectivity index (χ0v) is 14.9. The molecular weight excluding hydrogens is 346 g/mol. The first-order chi connectivity index (χ1) is 12.7. The van der Waals surface area contributed by atoms with E-state index in [1.165, 1.54) is 0 Å². The summed E-state index contributed by atoms with van der Waals surface area (Å²) in [6, 6.07) is 25.1. The van der Waals surface area contributed by atoms with Crippen LogP contribution in [0, 0.1) is 0 Å². The van der Waals surface area contributed by atoms with Gasteiger partial charge in [0.15, 0.2) is 0 Å². The Hall–Kier alpha value is -3.04. The Morgan fingerprint density at radius 3 is 2.46 bits per heavy atom. The summed E-state index contributed by atoms with van der Waals surface area (Å²) in [5, 5.41) is 2.44. The molecule has 0 aliphatic carbocycles. The van der Waals surface area contributed by atoms with Crippen molar-refractivity contribution in [2.45, 2.75) is 0 Å². The highest BCUT2D eigenvalue weighted by Gasteiger charge is 2.06. The minimum absolute atomic E-state index is 0.659. The van der Waals surface area contributed by atoms with Gasteiger partial charge in [0.1, 0.15) is 17.1 Å². The maximum Gasteiger partial charge on any atom is 0.136 e. The molecule has 128 valence electrons. The fraction of sp³-hybridized carbons (Fsp3) is 0.0455. The van der Waals surface area contributed by atoms with E-state index >= 15 is 0 Å². The first-order valence-corrected chi connectivity index (χ1v) is 8.58. The topological polar surface area (TPSA) is 34.7 Å². The Labute approximate surface area is 156 Å². The van der Waals surface area contributed by atoms with Crippen LogP contribution in [0.15, 0.2) is 88.3 Å². The Morgan fingerprint density at radius 2 is 1.69 bits per heavy atom. The quantitative estimate of drug-likeness (QED) is 0.449. The largest absolute Gasteiger partial charge is 0.497 e. The molecule has 4 aromatic rings. The molecule has 3 nitrogen and oxygen atoms in total. The number of methoxy groups -OCH3 is 1. The molecule has 0 radical (unpaired) electrons. The third-order valence-electron chi connectivity index (χ3n) is 4.08. The van der Waals surface area contributed by atoms with Crippen LogP contribution in [0.3, 0.4) is 0 Å². The van der Waals surface area contributed by atoms with Gasteiger partial charge in [0.2, 0.25) is 0 Å². The molecule has 0 saturated heterocycles. The van der Waals surface area contributed by atoms with Crippen molar-refractivity contribution < 1.29 is 9.15 Å². The van der Waals surface area contributed by atoms with Crippen LogP contribution in [0.25, 0.3) is 22.3 Å². The molecular formula is C22H16ClNO2. The van der Waals surface area contributed by atoms with Crippen LogP contribution >= 0.6 is 11.6 Å². The van der Waals surface area contributed by atoms with Crippen molar-refractivity contribution in [1.82, 2.24) is 0 Å². The summed E-state index contributed by atoms with van der Waals surface area (Å²) in [7, 11) is 1.65. The second-order valence-electron chi connectivity index (χ2n) is 5.81. The normalized spacial score (nSPS) is 11.7. The molecule has 0 amide bonds. The molecule has 26 heavy (non-hydrogen) atoms. The van der Waals surface area contributed by atoms with Crippen LogP contribution in [0.4, 0.5) is 5.69 Å². The van der Waals surface area contributed by atoms with Crippen molar-refractivity contribution in [3.05, 3.63) is 89.2 Å². The number of hydrogen-bond donors (Lipinski definition) is 0. The van der Waals surface area contributed by atoms with Gasteiger partial charge >= 0.3 is 0 Å². The average molecular weight is 362 g/mol.